The highest BCUT2D eigenvalue weighted by Crippen LogP contribution is 2.24. The maximum atomic E-state index is 12.7. The van der Waals surface area contributed by atoms with Crippen LogP contribution in [0.5, 0.6) is 0 Å². The largest absolute Gasteiger partial charge is 0.397 e. The third-order valence-corrected chi connectivity index (χ3v) is 10.5. The Kier molecular flexibility index (Phi) is 31.0. The lowest BCUT2D eigenvalue weighted by Crippen LogP contribution is -2.15. The van der Waals surface area contributed by atoms with Crippen molar-refractivity contribution in [3.63, 3.8) is 0 Å². The maximum Gasteiger partial charge on any atom is 0.397 e. The van der Waals surface area contributed by atoms with E-state index in [4.69, 9.17) is 4.55 Å². The minimum Gasteiger partial charge on any atom is -0.326 e. The molecule has 2 amide bonds. The van der Waals surface area contributed by atoms with Crippen LogP contribution < -0.4 is 10.6 Å². The number of hydrogen-bond donors (Lipinski definition) is 3. The first kappa shape index (κ1) is 48.0. The molecule has 0 spiro atoms. The molecule has 8 nitrogen and oxygen atoms in total. The molecule has 1 rings (SSSR count). The Morgan fingerprint density at radius 3 is 1.19 bits per heavy atom. The van der Waals surface area contributed by atoms with Gasteiger partial charge >= 0.3 is 10.4 Å². The van der Waals surface area contributed by atoms with Gasteiger partial charge in [0, 0.05) is 29.8 Å². The van der Waals surface area contributed by atoms with Crippen LogP contribution in [-0.4, -0.2) is 24.8 Å². The highest BCUT2D eigenvalue weighted by Gasteiger charge is 2.13. The van der Waals surface area contributed by atoms with Gasteiger partial charge in [0.05, 0.1) is 6.61 Å². The number of carbonyl (C=O) groups is 2. The van der Waals surface area contributed by atoms with Gasteiger partial charge in [-0.05, 0) is 31.0 Å². The van der Waals surface area contributed by atoms with E-state index >= 15 is 0 Å². The summed E-state index contributed by atoms with van der Waals surface area (Å²) in [6, 6.07) is 4.90. The van der Waals surface area contributed by atoms with Crippen molar-refractivity contribution in [2.45, 2.75) is 226 Å². The molecule has 0 bridgehead atoms. The molecule has 3 N–H and O–H groups in total. The lowest BCUT2D eigenvalue weighted by molar-refractivity contribution is -0.117. The Morgan fingerprint density at radius 2 is 0.846 bits per heavy atom. The van der Waals surface area contributed by atoms with E-state index in [0.29, 0.717) is 29.8 Å². The van der Waals surface area contributed by atoms with Crippen LogP contribution in [-0.2, 0) is 30.8 Å². The predicted octanol–water partition coefficient (Wildman–Crippen LogP) is 13.4. The first-order valence-electron chi connectivity index (χ1n) is 21.6. The van der Waals surface area contributed by atoms with Crippen molar-refractivity contribution < 1.29 is 26.7 Å². The Labute approximate surface area is 319 Å². The number of nitrogens with one attached hydrogen (secondary N) is 2. The highest BCUT2D eigenvalue weighted by molar-refractivity contribution is 7.80. The average molecular weight is 751 g/mol. The van der Waals surface area contributed by atoms with E-state index in [1.54, 1.807) is 18.2 Å². The van der Waals surface area contributed by atoms with Gasteiger partial charge in [0.2, 0.25) is 11.8 Å². The summed E-state index contributed by atoms with van der Waals surface area (Å²) in [5.74, 6) is -0.269. The second-order valence-electron chi connectivity index (χ2n) is 15.1. The Balaban J connectivity index is 2.25. The fraction of sp³-hybridized carbons (Fsp3) is 0.814. The molecule has 0 heterocycles. The van der Waals surface area contributed by atoms with E-state index in [1.165, 1.54) is 154 Å². The van der Waals surface area contributed by atoms with Crippen molar-refractivity contribution in [2.75, 3.05) is 10.6 Å². The molecular formula is C43H78N2O6S. The Bertz CT molecular complexity index is 1130. The zero-order chi connectivity index (χ0) is 38.0. The number of hydrogen-bond acceptors (Lipinski definition) is 5. The number of unbranched alkanes of at least 4 members (excludes halogenated alkanes) is 28. The molecule has 0 saturated carbocycles. The van der Waals surface area contributed by atoms with E-state index < -0.39 is 17.0 Å². The average Bonchev–Trinajstić information content (AvgIpc) is 3.11. The molecule has 1 aromatic carbocycles. The van der Waals surface area contributed by atoms with E-state index in [9.17, 15) is 18.0 Å². The van der Waals surface area contributed by atoms with Gasteiger partial charge in [-0.3, -0.25) is 14.1 Å². The summed E-state index contributed by atoms with van der Waals surface area (Å²) in [4.78, 5) is 25.3. The van der Waals surface area contributed by atoms with E-state index in [0.717, 1.165) is 38.5 Å². The molecule has 0 aliphatic heterocycles. The second kappa shape index (κ2) is 33.6. The molecule has 1 aromatic rings. The van der Waals surface area contributed by atoms with Crippen molar-refractivity contribution in [3.05, 3.63) is 23.8 Å². The number of anilines is 2. The molecule has 302 valence electrons. The SMILES string of the molecule is CCCCCCCCCCCCCCCCCC(=O)Nc1ccc(NC(=O)CCCCCCCCCCCCCCCCC)c(COS(=O)(=O)O)c1. The zero-order valence-corrected chi connectivity index (χ0v) is 34.3. The minimum atomic E-state index is -4.67. The quantitative estimate of drug-likeness (QED) is 0.0460. The normalized spacial score (nSPS) is 11.6. The van der Waals surface area contributed by atoms with E-state index in [2.05, 4.69) is 28.7 Å². The van der Waals surface area contributed by atoms with Crippen LogP contribution in [0.1, 0.15) is 225 Å². The molecule has 0 unspecified atom stereocenters. The number of rotatable bonds is 37. The smallest absolute Gasteiger partial charge is 0.326 e. The third kappa shape index (κ3) is 30.5. The summed E-state index contributed by atoms with van der Waals surface area (Å²) < 4.78 is 36.3. The summed E-state index contributed by atoms with van der Waals surface area (Å²) in [6.07, 6.45) is 38.7. The molecule has 52 heavy (non-hydrogen) atoms. The van der Waals surface area contributed by atoms with Crippen molar-refractivity contribution in [1.29, 1.82) is 0 Å². The fourth-order valence-corrected chi connectivity index (χ4v) is 7.08. The molecule has 0 fully saturated rings. The van der Waals surface area contributed by atoms with Crippen molar-refractivity contribution in [1.82, 2.24) is 0 Å². The topological polar surface area (TPSA) is 122 Å². The van der Waals surface area contributed by atoms with E-state index in [-0.39, 0.29) is 11.8 Å². The molecule has 9 heteroatoms. The molecule has 0 aliphatic carbocycles. The van der Waals surface area contributed by atoms with Gasteiger partial charge in [-0.25, -0.2) is 4.18 Å². The molecule has 0 aromatic heterocycles. The summed E-state index contributed by atoms with van der Waals surface area (Å²) in [7, 11) is -4.67. The fourth-order valence-electron chi connectivity index (χ4n) is 6.80. The number of benzene rings is 1. The molecule has 0 saturated heterocycles. The molecule has 0 aliphatic rings. The standard InChI is InChI=1S/C43H78N2O6S/c1-3-5-7-9-11-13-15-17-19-21-23-25-27-29-31-33-42(46)44-40-35-36-41(39(37-40)38-51-52(48,49)50)45-43(47)34-32-30-28-26-24-22-20-18-16-14-12-10-8-6-4-2/h35-37H,3-34,38H2,1-2H3,(H,44,46)(H,45,47)(H,48,49,50). The summed E-state index contributed by atoms with van der Waals surface area (Å²) in [6.45, 7) is 4.06. The zero-order valence-electron chi connectivity index (χ0n) is 33.5. The van der Waals surface area contributed by atoms with Crippen LogP contribution in [0.2, 0.25) is 0 Å². The van der Waals surface area contributed by atoms with Crippen molar-refractivity contribution in [3.8, 4) is 0 Å². The monoisotopic (exact) mass is 751 g/mol. The van der Waals surface area contributed by atoms with E-state index in [1.807, 2.05) is 0 Å². The lowest BCUT2D eigenvalue weighted by atomic mass is 10.0. The van der Waals surface area contributed by atoms with Crippen LogP contribution in [0.15, 0.2) is 18.2 Å². The molecule has 0 radical (unpaired) electrons. The third-order valence-electron chi connectivity index (χ3n) is 10.0. The van der Waals surface area contributed by atoms with Crippen molar-refractivity contribution in [2.24, 2.45) is 0 Å². The van der Waals surface area contributed by atoms with Gasteiger partial charge in [-0.2, -0.15) is 8.42 Å². The van der Waals surface area contributed by atoms with Crippen molar-refractivity contribution >= 4 is 33.6 Å². The summed E-state index contributed by atoms with van der Waals surface area (Å²) >= 11 is 0. The van der Waals surface area contributed by atoms with Crippen LogP contribution in [0.4, 0.5) is 11.4 Å². The summed E-state index contributed by atoms with van der Waals surface area (Å²) in [5.41, 5.74) is 1.24. The molecular weight excluding hydrogens is 673 g/mol. The van der Waals surface area contributed by atoms with Gasteiger partial charge in [0.15, 0.2) is 0 Å². The number of carbonyl (C=O) groups excluding carboxylic acids is 2. The van der Waals surface area contributed by atoms with Crippen LogP contribution in [0.3, 0.4) is 0 Å². The number of amides is 2. The first-order valence-corrected chi connectivity index (χ1v) is 23.0. The van der Waals surface area contributed by atoms with Gasteiger partial charge in [0.1, 0.15) is 0 Å². The highest BCUT2D eigenvalue weighted by atomic mass is 32.3. The minimum absolute atomic E-state index is 0.110. The van der Waals surface area contributed by atoms with Crippen LogP contribution >= 0.6 is 0 Å². The Morgan fingerprint density at radius 1 is 0.519 bits per heavy atom. The van der Waals surface area contributed by atoms with Crippen LogP contribution in [0.25, 0.3) is 0 Å². The first-order chi connectivity index (χ1) is 25.2. The van der Waals surface area contributed by atoms with Crippen LogP contribution in [0, 0.1) is 0 Å². The van der Waals surface area contributed by atoms with Gasteiger partial charge in [0.25, 0.3) is 0 Å². The maximum absolute atomic E-state index is 12.7. The van der Waals surface area contributed by atoms with Gasteiger partial charge in [-0.15, -0.1) is 0 Å². The Hall–Kier alpha value is -1.97. The lowest BCUT2D eigenvalue weighted by Gasteiger charge is -2.14. The second-order valence-corrected chi connectivity index (χ2v) is 16.1. The molecule has 0 atom stereocenters. The summed E-state index contributed by atoms with van der Waals surface area (Å²) in [5, 5.41) is 5.73. The van der Waals surface area contributed by atoms with Gasteiger partial charge in [-0.1, -0.05) is 194 Å². The predicted molar refractivity (Wildman–Crippen MR) is 219 cm³/mol. The van der Waals surface area contributed by atoms with Gasteiger partial charge < -0.3 is 10.6 Å².